The molecule has 1 heterocycles. The summed E-state index contributed by atoms with van der Waals surface area (Å²) in [5.41, 5.74) is -0.385. The molecule has 2 rings (SSSR count). The number of hydrogen-bond acceptors (Lipinski definition) is 4. The van der Waals surface area contributed by atoms with Gasteiger partial charge in [-0.3, -0.25) is 4.79 Å². The number of hydrogen-bond donors (Lipinski definition) is 1. The number of esters is 1. The number of furan rings is 1. The number of benzene rings is 1. The monoisotopic (exact) mass is 389 g/mol. The third-order valence-electron chi connectivity index (χ3n) is 3.67. The van der Waals surface area contributed by atoms with Gasteiger partial charge in [0.25, 0.3) is 5.91 Å². The van der Waals surface area contributed by atoms with Crippen LogP contribution in [0, 0.1) is 20.8 Å². The van der Waals surface area contributed by atoms with Gasteiger partial charge in [0, 0.05) is 5.56 Å². The van der Waals surface area contributed by atoms with Gasteiger partial charge in [0.1, 0.15) is 17.1 Å². The van der Waals surface area contributed by atoms with Crippen LogP contribution in [0.2, 0.25) is 5.02 Å². The fraction of sp³-hybridized carbons (Fsp3) is 0.294. The molecule has 0 saturated heterocycles. The number of carbonyl (C=O) groups excluding carboxylic acids is 2. The van der Waals surface area contributed by atoms with Crippen molar-refractivity contribution in [2.75, 3.05) is 11.9 Å². The molecule has 1 N–H and O–H groups in total. The van der Waals surface area contributed by atoms with E-state index in [0.29, 0.717) is 23.2 Å². The zero-order valence-corrected chi connectivity index (χ0v) is 14.8. The first kappa shape index (κ1) is 19.8. The Kier molecular flexibility index (Phi) is 5.65. The van der Waals surface area contributed by atoms with E-state index in [1.807, 2.05) is 0 Å². The first-order valence-electron chi connectivity index (χ1n) is 7.41. The quantitative estimate of drug-likeness (QED) is 0.771. The number of aryl methyl sites for hydroxylation is 2. The van der Waals surface area contributed by atoms with E-state index in [9.17, 15) is 22.8 Å². The van der Waals surface area contributed by atoms with Crippen molar-refractivity contribution in [1.82, 2.24) is 0 Å². The minimum atomic E-state index is -4.58. The predicted molar refractivity (Wildman–Crippen MR) is 88.3 cm³/mol. The summed E-state index contributed by atoms with van der Waals surface area (Å²) in [6.07, 6.45) is -4.58. The van der Waals surface area contributed by atoms with Gasteiger partial charge in [-0.05, 0) is 39.0 Å². The van der Waals surface area contributed by atoms with Crippen molar-refractivity contribution in [3.8, 4) is 0 Å². The van der Waals surface area contributed by atoms with Crippen LogP contribution in [-0.2, 0) is 15.7 Å². The van der Waals surface area contributed by atoms with Crippen LogP contribution in [0.25, 0.3) is 0 Å². The Morgan fingerprint density at radius 1 is 1.19 bits per heavy atom. The summed E-state index contributed by atoms with van der Waals surface area (Å²) in [6, 6.07) is 2.52. The zero-order chi connectivity index (χ0) is 19.6. The van der Waals surface area contributed by atoms with Gasteiger partial charge in [0.2, 0.25) is 0 Å². The average molecular weight is 390 g/mol. The molecule has 0 radical (unpaired) electrons. The van der Waals surface area contributed by atoms with Gasteiger partial charge in [-0.1, -0.05) is 11.6 Å². The molecule has 26 heavy (non-hydrogen) atoms. The maximum atomic E-state index is 12.7. The first-order chi connectivity index (χ1) is 12.0. The number of alkyl halides is 3. The lowest BCUT2D eigenvalue weighted by Crippen LogP contribution is -2.21. The lowest BCUT2D eigenvalue weighted by atomic mass is 10.1. The van der Waals surface area contributed by atoms with Crippen LogP contribution in [0.15, 0.2) is 22.6 Å². The lowest BCUT2D eigenvalue weighted by molar-refractivity contribution is -0.137. The number of carbonyl (C=O) groups is 2. The topological polar surface area (TPSA) is 68.5 Å². The normalized spacial score (nSPS) is 11.3. The van der Waals surface area contributed by atoms with Crippen LogP contribution in [0.1, 0.15) is 33.0 Å². The minimum absolute atomic E-state index is 0.0742. The summed E-state index contributed by atoms with van der Waals surface area (Å²) in [4.78, 5) is 24.0. The van der Waals surface area contributed by atoms with Gasteiger partial charge in [0.05, 0.1) is 16.3 Å². The second-order valence-electron chi connectivity index (χ2n) is 5.53. The van der Waals surface area contributed by atoms with Gasteiger partial charge < -0.3 is 14.5 Å². The van der Waals surface area contributed by atoms with Crippen molar-refractivity contribution in [2.24, 2.45) is 0 Å². The molecule has 0 fully saturated rings. The van der Waals surface area contributed by atoms with Crippen LogP contribution in [0.5, 0.6) is 0 Å². The number of amides is 1. The second-order valence-corrected chi connectivity index (χ2v) is 5.94. The molecular weight excluding hydrogens is 375 g/mol. The molecule has 0 aliphatic rings. The number of halogens is 4. The highest BCUT2D eigenvalue weighted by Gasteiger charge is 2.31. The lowest BCUT2D eigenvalue weighted by Gasteiger charge is -2.12. The first-order valence-corrected chi connectivity index (χ1v) is 7.78. The highest BCUT2D eigenvalue weighted by Crippen LogP contribution is 2.33. The molecule has 0 aliphatic heterocycles. The maximum Gasteiger partial charge on any atom is 0.416 e. The predicted octanol–water partition coefficient (Wildman–Crippen LogP) is 4.67. The van der Waals surface area contributed by atoms with E-state index in [2.05, 4.69) is 5.32 Å². The summed E-state index contributed by atoms with van der Waals surface area (Å²) < 4.78 is 48.4. The maximum absolute atomic E-state index is 12.7. The van der Waals surface area contributed by atoms with E-state index in [0.717, 1.165) is 12.1 Å². The molecule has 5 nitrogen and oxygen atoms in total. The van der Waals surface area contributed by atoms with Gasteiger partial charge >= 0.3 is 12.1 Å². The van der Waals surface area contributed by atoms with Gasteiger partial charge in [-0.2, -0.15) is 13.2 Å². The smallest absolute Gasteiger partial charge is 0.416 e. The van der Waals surface area contributed by atoms with Gasteiger partial charge in [-0.25, -0.2) is 4.79 Å². The third-order valence-corrected chi connectivity index (χ3v) is 4.00. The Morgan fingerprint density at radius 3 is 2.38 bits per heavy atom. The molecule has 0 saturated carbocycles. The van der Waals surface area contributed by atoms with E-state index in [4.69, 9.17) is 20.8 Å². The van der Waals surface area contributed by atoms with E-state index in [1.165, 1.54) is 0 Å². The molecule has 0 atom stereocenters. The van der Waals surface area contributed by atoms with Crippen molar-refractivity contribution in [1.29, 1.82) is 0 Å². The molecule has 1 aromatic carbocycles. The number of nitrogens with one attached hydrogen (secondary N) is 1. The largest absolute Gasteiger partial charge is 0.465 e. The molecule has 1 aromatic heterocycles. The van der Waals surface area contributed by atoms with Crippen LogP contribution in [0.4, 0.5) is 18.9 Å². The van der Waals surface area contributed by atoms with Gasteiger partial charge in [0.15, 0.2) is 6.61 Å². The zero-order valence-electron chi connectivity index (χ0n) is 14.1. The molecular formula is C17H15ClF3NO4. The van der Waals surface area contributed by atoms with Crippen molar-refractivity contribution in [2.45, 2.75) is 26.9 Å². The summed E-state index contributed by atoms with van der Waals surface area (Å²) in [5, 5.41) is 2.12. The van der Waals surface area contributed by atoms with Crippen molar-refractivity contribution in [3.63, 3.8) is 0 Å². The molecule has 9 heteroatoms. The Balaban J connectivity index is 2.04. The van der Waals surface area contributed by atoms with E-state index >= 15 is 0 Å². The Bertz CT molecular complexity index is 858. The molecule has 0 spiro atoms. The van der Waals surface area contributed by atoms with Crippen molar-refractivity contribution in [3.05, 3.63) is 51.4 Å². The van der Waals surface area contributed by atoms with Crippen LogP contribution >= 0.6 is 11.6 Å². The molecule has 0 bridgehead atoms. The van der Waals surface area contributed by atoms with Crippen molar-refractivity contribution < 1.29 is 31.9 Å². The SMILES string of the molecule is Cc1oc(C)c(C(=O)OCC(=O)Nc2cc(C(F)(F)F)ccc2Cl)c1C. The highest BCUT2D eigenvalue weighted by molar-refractivity contribution is 6.33. The standard InChI is InChI=1S/C17H15ClF3NO4/c1-8-9(2)26-10(3)15(8)16(24)25-7-14(23)22-13-6-11(17(19,20)21)4-5-12(13)18/h4-6H,7H2,1-3H3,(H,22,23). The third kappa shape index (κ3) is 4.37. The van der Waals surface area contributed by atoms with Crippen molar-refractivity contribution >= 4 is 29.2 Å². The van der Waals surface area contributed by atoms with Crippen LogP contribution < -0.4 is 5.32 Å². The number of anilines is 1. The second kappa shape index (κ2) is 7.41. The van der Waals surface area contributed by atoms with E-state index < -0.39 is 30.2 Å². The molecule has 140 valence electrons. The molecule has 0 unspecified atom stereocenters. The fourth-order valence-corrected chi connectivity index (χ4v) is 2.45. The Morgan fingerprint density at radius 2 is 1.85 bits per heavy atom. The summed E-state index contributed by atoms with van der Waals surface area (Å²) in [6.45, 7) is 4.25. The van der Waals surface area contributed by atoms with E-state index in [-0.39, 0.29) is 16.3 Å². The van der Waals surface area contributed by atoms with Crippen LogP contribution in [-0.4, -0.2) is 18.5 Å². The fourth-order valence-electron chi connectivity index (χ4n) is 2.28. The Labute approximate surface area is 152 Å². The van der Waals surface area contributed by atoms with Crippen LogP contribution in [0.3, 0.4) is 0 Å². The Hall–Kier alpha value is -2.48. The number of ether oxygens (including phenoxy) is 1. The summed E-state index contributed by atoms with van der Waals surface area (Å²) >= 11 is 5.79. The minimum Gasteiger partial charge on any atom is -0.465 e. The molecule has 1 amide bonds. The number of rotatable bonds is 4. The molecule has 2 aromatic rings. The molecule has 0 aliphatic carbocycles. The highest BCUT2D eigenvalue weighted by atomic mass is 35.5. The van der Waals surface area contributed by atoms with E-state index in [1.54, 1.807) is 20.8 Å². The van der Waals surface area contributed by atoms with Gasteiger partial charge in [-0.15, -0.1) is 0 Å². The summed E-state index contributed by atoms with van der Waals surface area (Å²) in [5.74, 6) is -0.682. The summed E-state index contributed by atoms with van der Waals surface area (Å²) in [7, 11) is 0. The average Bonchev–Trinajstić information content (AvgIpc) is 2.79.